The van der Waals surface area contributed by atoms with Crippen molar-refractivity contribution in [3.8, 4) is 0 Å². The first-order chi connectivity index (χ1) is 8.49. The third-order valence-electron chi connectivity index (χ3n) is 2.60. The van der Waals surface area contributed by atoms with Gasteiger partial charge in [0.25, 0.3) is 0 Å². The van der Waals surface area contributed by atoms with Crippen LogP contribution < -0.4 is 0 Å². The summed E-state index contributed by atoms with van der Waals surface area (Å²) in [7, 11) is 0. The molecule has 0 heterocycles. The maximum Gasteiger partial charge on any atom is 0.233 e. The predicted octanol–water partition coefficient (Wildman–Crippen LogP) is 3.50. The highest BCUT2D eigenvalue weighted by molar-refractivity contribution is 6.52. The minimum Gasteiger partial charge on any atom is -0.285 e. The van der Waals surface area contributed by atoms with E-state index in [9.17, 15) is 9.59 Å². The van der Waals surface area contributed by atoms with Crippen molar-refractivity contribution in [1.82, 2.24) is 0 Å². The first-order valence-corrected chi connectivity index (χ1v) is 6.15. The van der Waals surface area contributed by atoms with Crippen LogP contribution in [0, 0.1) is 0 Å². The molecule has 0 bridgehead atoms. The Labute approximate surface area is 115 Å². The molecule has 0 saturated heterocycles. The Balaban J connectivity index is 2.21. The number of halogens is 2. The Morgan fingerprint density at radius 1 is 1.06 bits per heavy atom. The lowest BCUT2D eigenvalue weighted by atomic mass is 9.95. The number of hydrogen-bond acceptors (Lipinski definition) is 2. The molecule has 4 heteroatoms. The fourth-order valence-electron chi connectivity index (χ4n) is 1.70. The minimum atomic E-state index is -1.11. The number of hydrogen-bond donors (Lipinski definition) is 0. The lowest BCUT2D eigenvalue weighted by Gasteiger charge is -2.19. The molecule has 0 radical (unpaired) electrons. The molecule has 0 aliphatic heterocycles. The fraction of sp³-hybridized carbons (Fsp3) is 0.143. The molecule has 92 valence electrons. The number of ketones is 2. The van der Waals surface area contributed by atoms with Crippen molar-refractivity contribution in [2.45, 2.75) is 10.8 Å². The van der Waals surface area contributed by atoms with E-state index >= 15 is 0 Å². The van der Waals surface area contributed by atoms with Gasteiger partial charge >= 0.3 is 0 Å². The van der Waals surface area contributed by atoms with Gasteiger partial charge in [0.15, 0.2) is 0 Å². The lowest BCUT2D eigenvalue weighted by molar-refractivity contribution is -0.112. The molecule has 0 aromatic heterocycles. The number of allylic oxidation sites excluding steroid dienone is 4. The predicted molar refractivity (Wildman–Crippen MR) is 72.1 cm³/mol. The molecule has 18 heavy (non-hydrogen) atoms. The van der Waals surface area contributed by atoms with Crippen LogP contribution in [0.15, 0.2) is 54.1 Å². The van der Waals surface area contributed by atoms with Crippen LogP contribution in [0.1, 0.15) is 16.8 Å². The molecule has 2 rings (SSSR count). The zero-order chi connectivity index (χ0) is 13.2. The first-order valence-electron chi connectivity index (χ1n) is 5.40. The minimum absolute atomic E-state index is 0.143. The van der Waals surface area contributed by atoms with E-state index < -0.39 is 15.9 Å². The first kappa shape index (κ1) is 13.1. The Bertz CT molecular complexity index is 542. The van der Waals surface area contributed by atoms with E-state index in [1.807, 2.05) is 0 Å². The van der Waals surface area contributed by atoms with E-state index in [0.29, 0.717) is 11.1 Å². The summed E-state index contributed by atoms with van der Waals surface area (Å²) < 4.78 is -1.11. The normalized spacial score (nSPS) is 17.1. The van der Waals surface area contributed by atoms with E-state index in [2.05, 4.69) is 0 Å². The highest BCUT2D eigenvalue weighted by atomic mass is 35.5. The summed E-state index contributed by atoms with van der Waals surface area (Å²) in [6.07, 6.45) is 4.89. The van der Waals surface area contributed by atoms with Crippen molar-refractivity contribution >= 4 is 34.8 Å². The smallest absolute Gasteiger partial charge is 0.233 e. The third-order valence-corrected chi connectivity index (χ3v) is 3.12. The van der Waals surface area contributed by atoms with Gasteiger partial charge in [-0.3, -0.25) is 9.59 Å². The molecule has 0 fully saturated rings. The van der Waals surface area contributed by atoms with Gasteiger partial charge in [-0.05, 0) is 6.08 Å². The largest absolute Gasteiger partial charge is 0.285 e. The maximum atomic E-state index is 12.0. The van der Waals surface area contributed by atoms with Gasteiger partial charge in [-0.15, -0.1) is 0 Å². The van der Waals surface area contributed by atoms with Gasteiger partial charge in [0.2, 0.25) is 11.6 Å². The van der Waals surface area contributed by atoms with E-state index in [4.69, 9.17) is 23.2 Å². The Morgan fingerprint density at radius 3 is 2.33 bits per heavy atom. The molecule has 1 aliphatic rings. The number of Topliss-reactive ketones (excluding diaryl/α,β-unsaturated/α-hetero) is 2. The number of rotatable bonds is 3. The second kappa shape index (κ2) is 5.09. The van der Waals surface area contributed by atoms with E-state index in [1.54, 1.807) is 48.6 Å². The Morgan fingerprint density at radius 2 is 1.72 bits per heavy atom. The topological polar surface area (TPSA) is 34.1 Å². The second-order valence-electron chi connectivity index (χ2n) is 4.01. The zero-order valence-corrected chi connectivity index (χ0v) is 10.9. The standard InChI is InChI=1S/C14H10Cl2O2/c15-14(16)8-4-7-11(9-14)13(18)12(17)10-5-2-1-3-6-10/h1-8H,9H2. The van der Waals surface area contributed by atoms with Crippen molar-refractivity contribution in [3.05, 3.63) is 59.7 Å². The molecule has 0 N–H and O–H groups in total. The number of alkyl halides is 2. The molecular formula is C14H10Cl2O2. The van der Waals surface area contributed by atoms with Crippen LogP contribution in [0.3, 0.4) is 0 Å². The summed E-state index contributed by atoms with van der Waals surface area (Å²) in [5.74, 6) is -1.10. The van der Waals surface area contributed by atoms with Crippen molar-refractivity contribution < 1.29 is 9.59 Å². The summed E-state index contributed by atoms with van der Waals surface area (Å²) in [6, 6.07) is 8.42. The van der Waals surface area contributed by atoms with Crippen molar-refractivity contribution in [2.24, 2.45) is 0 Å². The lowest BCUT2D eigenvalue weighted by Crippen LogP contribution is -2.23. The van der Waals surface area contributed by atoms with Crippen LogP contribution in [0.2, 0.25) is 0 Å². The van der Waals surface area contributed by atoms with Crippen molar-refractivity contribution in [1.29, 1.82) is 0 Å². The quantitative estimate of drug-likeness (QED) is 0.483. The summed E-state index contributed by atoms with van der Waals surface area (Å²) in [4.78, 5) is 24.0. The fourth-order valence-corrected chi connectivity index (χ4v) is 2.13. The van der Waals surface area contributed by atoms with E-state index in [1.165, 1.54) is 0 Å². The van der Waals surface area contributed by atoms with Crippen molar-refractivity contribution in [3.63, 3.8) is 0 Å². The average molecular weight is 281 g/mol. The summed E-state index contributed by atoms with van der Waals surface area (Å²) in [6.45, 7) is 0. The van der Waals surface area contributed by atoms with Gasteiger partial charge in [-0.25, -0.2) is 0 Å². The molecule has 0 atom stereocenters. The van der Waals surface area contributed by atoms with Gasteiger partial charge in [-0.1, -0.05) is 65.7 Å². The molecule has 1 aliphatic carbocycles. The SMILES string of the molecule is O=C(C(=O)c1ccccc1)C1=CC=CC(Cl)(Cl)C1. The molecule has 1 aromatic rings. The van der Waals surface area contributed by atoms with Gasteiger partial charge in [0.05, 0.1) is 0 Å². The number of carbonyl (C=O) groups excluding carboxylic acids is 2. The highest BCUT2D eigenvalue weighted by Gasteiger charge is 2.30. The van der Waals surface area contributed by atoms with Gasteiger partial charge in [0, 0.05) is 17.6 Å². The van der Waals surface area contributed by atoms with Gasteiger partial charge in [0.1, 0.15) is 4.33 Å². The van der Waals surface area contributed by atoms with Crippen LogP contribution in [0.5, 0.6) is 0 Å². The van der Waals surface area contributed by atoms with Crippen LogP contribution in [-0.2, 0) is 4.79 Å². The Kier molecular flexibility index (Phi) is 3.69. The van der Waals surface area contributed by atoms with Crippen LogP contribution in [0.4, 0.5) is 0 Å². The number of benzene rings is 1. The number of carbonyl (C=O) groups is 2. The average Bonchev–Trinajstić information content (AvgIpc) is 2.37. The molecule has 2 nitrogen and oxygen atoms in total. The molecule has 0 unspecified atom stereocenters. The monoisotopic (exact) mass is 280 g/mol. The third kappa shape index (κ3) is 2.89. The van der Waals surface area contributed by atoms with E-state index in [0.717, 1.165) is 0 Å². The summed E-state index contributed by atoms with van der Waals surface area (Å²) in [5, 5.41) is 0. The van der Waals surface area contributed by atoms with Crippen LogP contribution in [-0.4, -0.2) is 15.9 Å². The molecular weight excluding hydrogens is 271 g/mol. The van der Waals surface area contributed by atoms with E-state index in [-0.39, 0.29) is 6.42 Å². The second-order valence-corrected chi connectivity index (χ2v) is 5.56. The molecule has 0 saturated carbocycles. The van der Waals surface area contributed by atoms with Gasteiger partial charge in [-0.2, -0.15) is 0 Å². The van der Waals surface area contributed by atoms with Crippen LogP contribution >= 0.6 is 23.2 Å². The van der Waals surface area contributed by atoms with Crippen LogP contribution in [0.25, 0.3) is 0 Å². The maximum absolute atomic E-state index is 12.0. The molecule has 1 aromatic carbocycles. The van der Waals surface area contributed by atoms with Crippen molar-refractivity contribution in [2.75, 3.05) is 0 Å². The Hall–Kier alpha value is -1.38. The summed E-state index contributed by atoms with van der Waals surface area (Å²) >= 11 is 11.9. The molecule has 0 amide bonds. The highest BCUT2D eigenvalue weighted by Crippen LogP contribution is 2.34. The summed E-state index contributed by atoms with van der Waals surface area (Å²) in [5.41, 5.74) is 0.698. The van der Waals surface area contributed by atoms with Gasteiger partial charge < -0.3 is 0 Å². The molecule has 0 spiro atoms. The zero-order valence-electron chi connectivity index (χ0n) is 9.40.